The van der Waals surface area contributed by atoms with E-state index >= 15 is 0 Å². The minimum Gasteiger partial charge on any atom is -0.454 e. The van der Waals surface area contributed by atoms with E-state index in [0.717, 1.165) is 24.9 Å². The van der Waals surface area contributed by atoms with E-state index in [2.05, 4.69) is 5.32 Å². The molecule has 0 aliphatic carbocycles. The van der Waals surface area contributed by atoms with Gasteiger partial charge in [0.2, 0.25) is 18.6 Å². The first kappa shape index (κ1) is 16.6. The summed E-state index contributed by atoms with van der Waals surface area (Å²) in [5.74, 6) is 0.810. The van der Waals surface area contributed by atoms with Gasteiger partial charge in [0, 0.05) is 37.9 Å². The van der Waals surface area contributed by atoms with Crippen LogP contribution in [0.5, 0.6) is 11.5 Å². The van der Waals surface area contributed by atoms with Gasteiger partial charge in [0.15, 0.2) is 11.5 Å². The lowest BCUT2D eigenvalue weighted by atomic mass is 10.1. The molecule has 1 aromatic carbocycles. The summed E-state index contributed by atoms with van der Waals surface area (Å²) in [4.78, 5) is 26.1. The summed E-state index contributed by atoms with van der Waals surface area (Å²) in [6, 6.07) is 5.36. The smallest absolute Gasteiger partial charge is 0.231 e. The SMILES string of the molecule is O=C(NCCCCCO)C1CC(=O)N(c2ccc3c(c2)OCO3)C1. The minimum atomic E-state index is -0.333. The van der Waals surface area contributed by atoms with Gasteiger partial charge in [-0.1, -0.05) is 0 Å². The first-order valence-electron chi connectivity index (χ1n) is 8.27. The molecule has 1 fully saturated rings. The lowest BCUT2D eigenvalue weighted by molar-refractivity contribution is -0.126. The van der Waals surface area contributed by atoms with Crippen molar-refractivity contribution < 1.29 is 24.2 Å². The van der Waals surface area contributed by atoms with Crippen LogP contribution in [0.1, 0.15) is 25.7 Å². The van der Waals surface area contributed by atoms with Crippen LogP contribution in [0.15, 0.2) is 18.2 Å². The van der Waals surface area contributed by atoms with Gasteiger partial charge in [-0.15, -0.1) is 0 Å². The Kier molecular flexibility index (Phi) is 5.20. The molecule has 1 saturated heterocycles. The molecule has 2 heterocycles. The van der Waals surface area contributed by atoms with Gasteiger partial charge in [0.1, 0.15) is 0 Å². The molecule has 0 bridgehead atoms. The van der Waals surface area contributed by atoms with Gasteiger partial charge in [0.05, 0.1) is 5.92 Å². The molecule has 7 nitrogen and oxygen atoms in total. The first-order valence-corrected chi connectivity index (χ1v) is 8.27. The van der Waals surface area contributed by atoms with Gasteiger partial charge < -0.3 is 24.8 Å². The number of ether oxygens (including phenoxy) is 2. The van der Waals surface area contributed by atoms with Crippen molar-refractivity contribution >= 4 is 17.5 Å². The molecule has 7 heteroatoms. The number of carbonyl (C=O) groups excluding carboxylic acids is 2. The molecule has 0 aromatic heterocycles. The molecule has 3 rings (SSSR count). The van der Waals surface area contributed by atoms with E-state index in [4.69, 9.17) is 14.6 Å². The van der Waals surface area contributed by atoms with Crippen molar-refractivity contribution in [2.24, 2.45) is 5.92 Å². The van der Waals surface area contributed by atoms with Gasteiger partial charge in [-0.2, -0.15) is 0 Å². The van der Waals surface area contributed by atoms with Crippen molar-refractivity contribution in [2.75, 3.05) is 31.4 Å². The van der Waals surface area contributed by atoms with Crippen LogP contribution in [0.2, 0.25) is 0 Å². The molecule has 24 heavy (non-hydrogen) atoms. The van der Waals surface area contributed by atoms with Crippen molar-refractivity contribution in [1.29, 1.82) is 0 Å². The molecule has 2 aliphatic heterocycles. The van der Waals surface area contributed by atoms with Crippen molar-refractivity contribution in [3.8, 4) is 11.5 Å². The van der Waals surface area contributed by atoms with Crippen LogP contribution in [0.25, 0.3) is 0 Å². The van der Waals surface area contributed by atoms with E-state index in [9.17, 15) is 9.59 Å². The Labute approximate surface area is 140 Å². The number of benzene rings is 1. The highest BCUT2D eigenvalue weighted by atomic mass is 16.7. The zero-order valence-corrected chi connectivity index (χ0v) is 13.5. The number of unbranched alkanes of at least 4 members (excludes halogenated alkanes) is 2. The van der Waals surface area contributed by atoms with Crippen molar-refractivity contribution in [3.63, 3.8) is 0 Å². The summed E-state index contributed by atoms with van der Waals surface area (Å²) >= 11 is 0. The van der Waals surface area contributed by atoms with E-state index in [1.165, 1.54) is 0 Å². The third-order valence-electron chi connectivity index (χ3n) is 4.30. The highest BCUT2D eigenvalue weighted by molar-refractivity contribution is 6.00. The second-order valence-corrected chi connectivity index (χ2v) is 6.02. The number of nitrogens with zero attached hydrogens (tertiary/aromatic N) is 1. The Morgan fingerprint density at radius 2 is 2.08 bits per heavy atom. The number of fused-ring (bicyclic) bond motifs is 1. The maximum atomic E-state index is 12.3. The molecule has 2 aliphatic rings. The standard InChI is InChI=1S/C17H22N2O5/c20-7-3-1-2-6-18-17(22)12-8-16(21)19(10-12)13-4-5-14-15(9-13)24-11-23-14/h4-5,9,12,20H,1-3,6-8,10-11H2,(H,18,22). The van der Waals surface area contributed by atoms with Crippen LogP contribution in [-0.2, 0) is 9.59 Å². The largest absolute Gasteiger partial charge is 0.454 e. The lowest BCUT2D eigenvalue weighted by Crippen LogP contribution is -2.33. The molecule has 2 N–H and O–H groups in total. The Bertz CT molecular complexity index is 619. The highest BCUT2D eigenvalue weighted by Gasteiger charge is 2.35. The van der Waals surface area contributed by atoms with Crippen molar-refractivity contribution in [1.82, 2.24) is 5.32 Å². The van der Waals surface area contributed by atoms with E-state index in [1.807, 2.05) is 0 Å². The second kappa shape index (κ2) is 7.53. The average molecular weight is 334 g/mol. The molecule has 130 valence electrons. The number of aliphatic hydroxyl groups excluding tert-OH is 1. The Hall–Kier alpha value is -2.28. The Balaban J connectivity index is 1.54. The van der Waals surface area contributed by atoms with E-state index < -0.39 is 0 Å². The van der Waals surface area contributed by atoms with Gasteiger partial charge in [-0.25, -0.2) is 0 Å². The van der Waals surface area contributed by atoms with E-state index in [0.29, 0.717) is 24.6 Å². The molecule has 1 aromatic rings. The number of nitrogens with one attached hydrogen (secondary N) is 1. The Morgan fingerprint density at radius 3 is 2.92 bits per heavy atom. The summed E-state index contributed by atoms with van der Waals surface area (Å²) < 4.78 is 10.6. The highest BCUT2D eigenvalue weighted by Crippen LogP contribution is 2.37. The third kappa shape index (κ3) is 3.62. The molecule has 0 spiro atoms. The first-order chi connectivity index (χ1) is 11.7. The fourth-order valence-corrected chi connectivity index (χ4v) is 2.96. The van der Waals surface area contributed by atoms with Gasteiger partial charge in [-0.3, -0.25) is 9.59 Å². The maximum Gasteiger partial charge on any atom is 0.231 e. The second-order valence-electron chi connectivity index (χ2n) is 6.02. The molecule has 0 radical (unpaired) electrons. The number of aliphatic hydroxyl groups is 1. The molecule has 0 saturated carbocycles. The molecule has 2 amide bonds. The number of hydrogen-bond acceptors (Lipinski definition) is 5. The van der Waals surface area contributed by atoms with Crippen molar-refractivity contribution in [3.05, 3.63) is 18.2 Å². The van der Waals surface area contributed by atoms with Crippen LogP contribution < -0.4 is 19.7 Å². The average Bonchev–Trinajstić information content (AvgIpc) is 3.20. The van der Waals surface area contributed by atoms with Gasteiger partial charge in [0.25, 0.3) is 0 Å². The predicted molar refractivity (Wildman–Crippen MR) is 87.0 cm³/mol. The summed E-state index contributed by atoms with van der Waals surface area (Å²) in [5, 5.41) is 11.6. The summed E-state index contributed by atoms with van der Waals surface area (Å²) in [5.41, 5.74) is 0.725. The summed E-state index contributed by atoms with van der Waals surface area (Å²) in [6.07, 6.45) is 2.68. The fraction of sp³-hybridized carbons (Fsp3) is 0.529. The topological polar surface area (TPSA) is 88.1 Å². The molecule has 1 unspecified atom stereocenters. The van der Waals surface area contributed by atoms with E-state index in [1.54, 1.807) is 23.1 Å². The van der Waals surface area contributed by atoms with Crippen molar-refractivity contribution in [2.45, 2.75) is 25.7 Å². The normalized spacial score (nSPS) is 19.0. The van der Waals surface area contributed by atoms with Crippen LogP contribution in [0.4, 0.5) is 5.69 Å². The quantitative estimate of drug-likeness (QED) is 0.728. The van der Waals surface area contributed by atoms with Gasteiger partial charge in [-0.05, 0) is 31.4 Å². The van der Waals surface area contributed by atoms with Crippen LogP contribution >= 0.6 is 0 Å². The number of anilines is 1. The minimum absolute atomic E-state index is 0.0608. The van der Waals surface area contributed by atoms with Crippen LogP contribution in [0.3, 0.4) is 0 Å². The third-order valence-corrected chi connectivity index (χ3v) is 4.30. The number of carbonyl (C=O) groups is 2. The monoisotopic (exact) mass is 334 g/mol. The summed E-state index contributed by atoms with van der Waals surface area (Å²) in [6.45, 7) is 1.32. The molecular weight excluding hydrogens is 312 g/mol. The fourth-order valence-electron chi connectivity index (χ4n) is 2.96. The van der Waals surface area contributed by atoms with E-state index in [-0.39, 0.29) is 37.6 Å². The van der Waals surface area contributed by atoms with Crippen LogP contribution in [-0.4, -0.2) is 43.4 Å². The Morgan fingerprint density at radius 1 is 1.25 bits per heavy atom. The molecular formula is C17H22N2O5. The zero-order chi connectivity index (χ0) is 16.9. The number of amides is 2. The number of hydrogen-bond donors (Lipinski definition) is 2. The predicted octanol–water partition coefficient (Wildman–Crippen LogP) is 1.05. The zero-order valence-electron chi connectivity index (χ0n) is 13.5. The molecule has 1 atom stereocenters. The number of rotatable bonds is 7. The van der Waals surface area contributed by atoms with Crippen LogP contribution in [0, 0.1) is 5.92 Å². The maximum absolute atomic E-state index is 12.3. The van der Waals surface area contributed by atoms with Gasteiger partial charge >= 0.3 is 0 Å². The lowest BCUT2D eigenvalue weighted by Gasteiger charge is -2.17. The summed E-state index contributed by atoms with van der Waals surface area (Å²) in [7, 11) is 0.